The maximum absolute atomic E-state index is 11.8. The molecule has 1 aromatic heterocycles. The minimum atomic E-state index is -0.194. The number of hydrogen-bond donors (Lipinski definition) is 2. The minimum Gasteiger partial charge on any atom is -0.336 e. The van der Waals surface area contributed by atoms with Gasteiger partial charge in [0.15, 0.2) is 0 Å². The van der Waals surface area contributed by atoms with Gasteiger partial charge < -0.3 is 5.32 Å². The molecule has 0 bridgehead atoms. The van der Waals surface area contributed by atoms with Crippen LogP contribution in [-0.2, 0) is 0 Å². The predicted molar refractivity (Wildman–Crippen MR) is 80.7 cm³/mol. The highest BCUT2D eigenvalue weighted by atomic mass is 16.2. The standard InChI is InChI=1S/C15H24N4O/c1-12-6-9-19(10-7-12)13(2)11-17-15(20)18-14-5-3-4-8-16-14/h3-5,8,12-13H,6-7,9-11H2,1-2H3,(H2,16,17,18,20). The van der Waals surface area contributed by atoms with Gasteiger partial charge in [-0.1, -0.05) is 13.0 Å². The number of carbonyl (C=O) groups is 1. The van der Waals surface area contributed by atoms with Gasteiger partial charge in [0.05, 0.1) is 0 Å². The SMILES string of the molecule is CC1CCN(C(C)CNC(=O)Nc2ccccn2)CC1. The van der Waals surface area contributed by atoms with E-state index >= 15 is 0 Å². The Hall–Kier alpha value is -1.62. The van der Waals surface area contributed by atoms with Crippen LogP contribution in [0.2, 0.25) is 0 Å². The van der Waals surface area contributed by atoms with Gasteiger partial charge in [-0.15, -0.1) is 0 Å². The number of nitrogens with one attached hydrogen (secondary N) is 2. The first-order valence-electron chi connectivity index (χ1n) is 7.35. The van der Waals surface area contributed by atoms with Crippen LogP contribution < -0.4 is 10.6 Å². The lowest BCUT2D eigenvalue weighted by Crippen LogP contribution is -2.46. The smallest absolute Gasteiger partial charge is 0.320 e. The Balaban J connectivity index is 1.70. The van der Waals surface area contributed by atoms with E-state index in [1.54, 1.807) is 12.3 Å². The van der Waals surface area contributed by atoms with E-state index in [0.29, 0.717) is 18.4 Å². The van der Waals surface area contributed by atoms with Crippen molar-refractivity contribution in [3.63, 3.8) is 0 Å². The summed E-state index contributed by atoms with van der Waals surface area (Å²) in [4.78, 5) is 18.3. The lowest BCUT2D eigenvalue weighted by molar-refractivity contribution is 0.146. The van der Waals surface area contributed by atoms with Crippen molar-refractivity contribution in [2.45, 2.75) is 32.7 Å². The second-order valence-corrected chi connectivity index (χ2v) is 5.62. The van der Waals surface area contributed by atoms with Crippen molar-refractivity contribution >= 4 is 11.8 Å². The Morgan fingerprint density at radius 1 is 1.45 bits per heavy atom. The molecule has 1 saturated heterocycles. The van der Waals surface area contributed by atoms with Crippen LogP contribution in [0.4, 0.5) is 10.6 Å². The molecule has 1 unspecified atom stereocenters. The number of nitrogens with zero attached hydrogens (tertiary/aromatic N) is 2. The lowest BCUT2D eigenvalue weighted by atomic mass is 9.98. The summed E-state index contributed by atoms with van der Waals surface area (Å²) in [5, 5.41) is 5.64. The van der Waals surface area contributed by atoms with E-state index in [1.165, 1.54) is 12.8 Å². The lowest BCUT2D eigenvalue weighted by Gasteiger charge is -2.34. The van der Waals surface area contributed by atoms with E-state index in [2.05, 4.69) is 34.4 Å². The molecule has 1 fully saturated rings. The molecular formula is C15H24N4O. The molecule has 0 aliphatic carbocycles. The zero-order valence-corrected chi connectivity index (χ0v) is 12.3. The van der Waals surface area contributed by atoms with Crippen LogP contribution >= 0.6 is 0 Å². The quantitative estimate of drug-likeness (QED) is 0.887. The molecular weight excluding hydrogens is 252 g/mol. The fourth-order valence-corrected chi connectivity index (χ4v) is 2.44. The number of anilines is 1. The molecule has 110 valence electrons. The van der Waals surface area contributed by atoms with Crippen molar-refractivity contribution in [2.24, 2.45) is 5.92 Å². The summed E-state index contributed by atoms with van der Waals surface area (Å²) in [6.07, 6.45) is 4.17. The summed E-state index contributed by atoms with van der Waals surface area (Å²) in [5.74, 6) is 1.41. The molecule has 1 atom stereocenters. The number of pyridine rings is 1. The Bertz CT molecular complexity index is 415. The number of amides is 2. The van der Waals surface area contributed by atoms with Gasteiger partial charge in [-0.2, -0.15) is 0 Å². The maximum atomic E-state index is 11.8. The molecule has 5 heteroatoms. The zero-order valence-electron chi connectivity index (χ0n) is 12.3. The number of rotatable bonds is 4. The summed E-state index contributed by atoms with van der Waals surface area (Å²) in [7, 11) is 0. The van der Waals surface area contributed by atoms with Gasteiger partial charge in [0.1, 0.15) is 5.82 Å². The molecule has 0 radical (unpaired) electrons. The highest BCUT2D eigenvalue weighted by Gasteiger charge is 2.20. The van der Waals surface area contributed by atoms with Crippen LogP contribution in [0.25, 0.3) is 0 Å². The summed E-state index contributed by atoms with van der Waals surface area (Å²) >= 11 is 0. The molecule has 0 aromatic carbocycles. The van der Waals surface area contributed by atoms with Crippen molar-refractivity contribution in [2.75, 3.05) is 25.0 Å². The van der Waals surface area contributed by atoms with E-state index in [4.69, 9.17) is 0 Å². The van der Waals surface area contributed by atoms with E-state index in [-0.39, 0.29) is 6.03 Å². The fraction of sp³-hybridized carbons (Fsp3) is 0.600. The van der Waals surface area contributed by atoms with Crippen LogP contribution in [-0.4, -0.2) is 41.6 Å². The third kappa shape index (κ3) is 4.49. The van der Waals surface area contributed by atoms with E-state index < -0.39 is 0 Å². The maximum Gasteiger partial charge on any atom is 0.320 e. The van der Waals surface area contributed by atoms with Crippen molar-refractivity contribution in [1.29, 1.82) is 0 Å². The van der Waals surface area contributed by atoms with Crippen molar-refractivity contribution in [1.82, 2.24) is 15.2 Å². The second-order valence-electron chi connectivity index (χ2n) is 5.62. The summed E-state index contributed by atoms with van der Waals surface area (Å²) in [6.45, 7) is 7.39. The molecule has 2 N–H and O–H groups in total. The molecule has 2 heterocycles. The third-order valence-corrected chi connectivity index (χ3v) is 3.91. The van der Waals surface area contributed by atoms with E-state index in [9.17, 15) is 4.79 Å². The first-order valence-corrected chi connectivity index (χ1v) is 7.35. The largest absolute Gasteiger partial charge is 0.336 e. The fourth-order valence-electron chi connectivity index (χ4n) is 2.44. The van der Waals surface area contributed by atoms with Crippen LogP contribution in [0.15, 0.2) is 24.4 Å². The van der Waals surface area contributed by atoms with E-state index in [0.717, 1.165) is 19.0 Å². The first kappa shape index (κ1) is 14.8. The van der Waals surface area contributed by atoms with Gasteiger partial charge in [-0.25, -0.2) is 9.78 Å². The Kier molecular flexibility index (Phi) is 5.35. The van der Waals surface area contributed by atoms with E-state index in [1.807, 2.05) is 12.1 Å². The van der Waals surface area contributed by atoms with Crippen molar-refractivity contribution in [3.05, 3.63) is 24.4 Å². The average molecular weight is 276 g/mol. The van der Waals surface area contributed by atoms with Crippen molar-refractivity contribution in [3.8, 4) is 0 Å². The van der Waals surface area contributed by atoms with Gasteiger partial charge in [-0.3, -0.25) is 10.2 Å². The molecule has 0 saturated carbocycles. The summed E-state index contributed by atoms with van der Waals surface area (Å²) in [6, 6.07) is 5.62. The minimum absolute atomic E-state index is 0.194. The molecule has 1 aliphatic rings. The highest BCUT2D eigenvalue weighted by molar-refractivity contribution is 5.88. The number of carbonyl (C=O) groups excluding carboxylic acids is 1. The number of hydrogen-bond acceptors (Lipinski definition) is 3. The van der Waals surface area contributed by atoms with Crippen LogP contribution in [0.1, 0.15) is 26.7 Å². The number of likely N-dealkylation sites (tertiary alicyclic amines) is 1. The molecule has 2 amide bonds. The number of piperidine rings is 1. The average Bonchev–Trinajstić information content (AvgIpc) is 2.46. The topological polar surface area (TPSA) is 57.3 Å². The van der Waals surface area contributed by atoms with Gasteiger partial charge in [0.2, 0.25) is 0 Å². The molecule has 5 nitrogen and oxygen atoms in total. The Morgan fingerprint density at radius 2 is 2.20 bits per heavy atom. The monoisotopic (exact) mass is 276 g/mol. The predicted octanol–water partition coefficient (Wildman–Crippen LogP) is 2.32. The second kappa shape index (κ2) is 7.24. The highest BCUT2D eigenvalue weighted by Crippen LogP contribution is 2.17. The van der Waals surface area contributed by atoms with Crippen LogP contribution in [0.3, 0.4) is 0 Å². The van der Waals surface area contributed by atoms with Gasteiger partial charge in [0, 0.05) is 18.8 Å². The normalized spacial score (nSPS) is 18.5. The van der Waals surface area contributed by atoms with Gasteiger partial charge >= 0.3 is 6.03 Å². The molecule has 1 aromatic rings. The molecule has 0 spiro atoms. The Morgan fingerprint density at radius 3 is 2.85 bits per heavy atom. The van der Waals surface area contributed by atoms with Crippen LogP contribution in [0, 0.1) is 5.92 Å². The van der Waals surface area contributed by atoms with Crippen molar-refractivity contribution < 1.29 is 4.79 Å². The first-order chi connectivity index (χ1) is 9.65. The molecule has 1 aliphatic heterocycles. The summed E-state index contributed by atoms with van der Waals surface area (Å²) in [5.41, 5.74) is 0. The molecule has 20 heavy (non-hydrogen) atoms. The van der Waals surface area contributed by atoms with Crippen LogP contribution in [0.5, 0.6) is 0 Å². The Labute approximate surface area is 120 Å². The molecule has 2 rings (SSSR count). The summed E-state index contributed by atoms with van der Waals surface area (Å²) < 4.78 is 0. The third-order valence-electron chi connectivity index (χ3n) is 3.91. The number of urea groups is 1. The van der Waals surface area contributed by atoms with Gasteiger partial charge in [0.25, 0.3) is 0 Å². The van der Waals surface area contributed by atoms with Gasteiger partial charge in [-0.05, 0) is 50.9 Å². The number of aromatic nitrogens is 1. The zero-order chi connectivity index (χ0) is 14.4.